The van der Waals surface area contributed by atoms with Gasteiger partial charge >= 0.3 is 12.1 Å². The Morgan fingerprint density at radius 3 is 2.37 bits per heavy atom. The van der Waals surface area contributed by atoms with Crippen molar-refractivity contribution in [3.63, 3.8) is 0 Å². The van der Waals surface area contributed by atoms with Gasteiger partial charge in [-0.05, 0) is 49.6 Å². The molecule has 0 bridgehead atoms. The normalized spacial score (nSPS) is 11.7. The molecule has 2 rings (SSSR count). The molecule has 1 amide bonds. The molecule has 2 N–H and O–H groups in total. The van der Waals surface area contributed by atoms with E-state index in [1.54, 1.807) is 13.8 Å². The van der Waals surface area contributed by atoms with E-state index in [0.717, 1.165) is 22.4 Å². The first-order valence-corrected chi connectivity index (χ1v) is 9.95. The lowest BCUT2D eigenvalue weighted by Crippen LogP contribution is -2.29. The molecule has 0 aliphatic heterocycles. The Balaban J connectivity index is 1.82. The van der Waals surface area contributed by atoms with Gasteiger partial charge in [0.05, 0.1) is 12.7 Å². The van der Waals surface area contributed by atoms with Crippen molar-refractivity contribution in [1.29, 1.82) is 0 Å². The maximum Gasteiger partial charge on any atom is 0.407 e. The van der Waals surface area contributed by atoms with Crippen LogP contribution in [0.25, 0.3) is 0 Å². The molecule has 1 atom stereocenters. The highest BCUT2D eigenvalue weighted by atomic mass is 16.5. The molecule has 0 heterocycles. The van der Waals surface area contributed by atoms with E-state index in [9.17, 15) is 14.7 Å². The molecule has 0 fully saturated rings. The van der Waals surface area contributed by atoms with Gasteiger partial charge in [-0.25, -0.2) is 9.59 Å². The summed E-state index contributed by atoms with van der Waals surface area (Å²) in [6.07, 6.45) is -1.36. The summed E-state index contributed by atoms with van der Waals surface area (Å²) in [6, 6.07) is 14.7. The van der Waals surface area contributed by atoms with Gasteiger partial charge in [0.25, 0.3) is 0 Å². The minimum atomic E-state index is -0.995. The molecule has 0 spiro atoms. The van der Waals surface area contributed by atoms with Gasteiger partial charge < -0.3 is 24.6 Å². The van der Waals surface area contributed by atoms with Crippen LogP contribution in [-0.2, 0) is 33.8 Å². The van der Waals surface area contributed by atoms with Crippen LogP contribution in [0.2, 0.25) is 0 Å². The number of ether oxygens (including phenoxy) is 3. The fourth-order valence-electron chi connectivity index (χ4n) is 2.83. The predicted molar refractivity (Wildman–Crippen MR) is 112 cm³/mol. The molecule has 30 heavy (non-hydrogen) atoms. The van der Waals surface area contributed by atoms with E-state index in [4.69, 9.17) is 14.2 Å². The molecule has 7 heteroatoms. The molecule has 7 nitrogen and oxygen atoms in total. The van der Waals surface area contributed by atoms with Crippen LogP contribution in [0.5, 0.6) is 5.75 Å². The second kappa shape index (κ2) is 11.8. The van der Waals surface area contributed by atoms with Crippen LogP contribution >= 0.6 is 0 Å². The fraction of sp³-hybridized carbons (Fsp3) is 0.391. The summed E-state index contributed by atoms with van der Waals surface area (Å²) in [4.78, 5) is 23.4. The van der Waals surface area contributed by atoms with Gasteiger partial charge in [-0.3, -0.25) is 0 Å². The van der Waals surface area contributed by atoms with Crippen molar-refractivity contribution in [2.24, 2.45) is 0 Å². The number of hydrogen-bond acceptors (Lipinski definition) is 5. The number of alkyl carbamates (subject to hydrolysis) is 1. The van der Waals surface area contributed by atoms with Crippen molar-refractivity contribution in [2.75, 3.05) is 6.61 Å². The number of hydrogen-bond donors (Lipinski definition) is 2. The average molecular weight is 415 g/mol. The quantitative estimate of drug-likeness (QED) is 0.577. The summed E-state index contributed by atoms with van der Waals surface area (Å²) in [5.74, 6) is -0.223. The van der Waals surface area contributed by atoms with Gasteiger partial charge in [-0.1, -0.05) is 36.4 Å². The number of carboxylic acid groups (broad SMARTS) is 1. The fourth-order valence-corrected chi connectivity index (χ4v) is 2.83. The predicted octanol–water partition coefficient (Wildman–Crippen LogP) is 3.93. The van der Waals surface area contributed by atoms with Gasteiger partial charge in [0.1, 0.15) is 12.4 Å². The van der Waals surface area contributed by atoms with E-state index in [1.165, 1.54) is 0 Å². The molecule has 162 valence electrons. The third kappa shape index (κ3) is 8.13. The van der Waals surface area contributed by atoms with Crippen LogP contribution in [0.1, 0.15) is 37.5 Å². The lowest BCUT2D eigenvalue weighted by Gasteiger charge is -2.17. The highest BCUT2D eigenvalue weighted by Gasteiger charge is 2.20. The summed E-state index contributed by atoms with van der Waals surface area (Å²) in [5, 5.41) is 12.0. The Morgan fingerprint density at radius 2 is 1.73 bits per heavy atom. The van der Waals surface area contributed by atoms with Gasteiger partial charge in [0.2, 0.25) is 0 Å². The highest BCUT2D eigenvalue weighted by Crippen LogP contribution is 2.13. The maximum atomic E-state index is 12.0. The number of carbonyl (C=O) groups is 2. The molecule has 0 aliphatic rings. The summed E-state index contributed by atoms with van der Waals surface area (Å²) >= 11 is 0. The van der Waals surface area contributed by atoms with Gasteiger partial charge in [-0.15, -0.1) is 0 Å². The molecule has 0 saturated carbocycles. The van der Waals surface area contributed by atoms with E-state index in [1.807, 2.05) is 55.5 Å². The zero-order valence-electron chi connectivity index (χ0n) is 17.6. The van der Waals surface area contributed by atoms with Crippen LogP contribution in [0.3, 0.4) is 0 Å². The largest absolute Gasteiger partial charge is 0.494 e. The van der Waals surface area contributed by atoms with Crippen LogP contribution < -0.4 is 10.1 Å². The number of aliphatic carboxylic acids is 1. The van der Waals surface area contributed by atoms with Crippen molar-refractivity contribution >= 4 is 12.1 Å². The Labute approximate surface area is 177 Å². The van der Waals surface area contributed by atoms with Gasteiger partial charge in [0, 0.05) is 13.0 Å². The Morgan fingerprint density at radius 1 is 1.03 bits per heavy atom. The summed E-state index contributed by atoms with van der Waals surface area (Å²) < 4.78 is 16.1. The van der Waals surface area contributed by atoms with Gasteiger partial charge in [-0.2, -0.15) is 0 Å². The Kier molecular flexibility index (Phi) is 9.15. The molecular weight excluding hydrogens is 386 g/mol. The maximum absolute atomic E-state index is 12.0. The zero-order valence-corrected chi connectivity index (χ0v) is 17.6. The summed E-state index contributed by atoms with van der Waals surface area (Å²) in [5.41, 5.74) is 2.53. The van der Waals surface area contributed by atoms with Crippen LogP contribution in [0, 0.1) is 0 Å². The molecule has 0 saturated heterocycles. The second-order valence-corrected chi connectivity index (χ2v) is 7.04. The first kappa shape index (κ1) is 23.2. The SMILES string of the molecule is CCOc1ccc(COC(=O)NCc2cccc(CC(OC(C)C)C(=O)O)c2)cc1. The highest BCUT2D eigenvalue weighted by molar-refractivity contribution is 5.72. The zero-order chi connectivity index (χ0) is 21.9. The topological polar surface area (TPSA) is 94.1 Å². The lowest BCUT2D eigenvalue weighted by molar-refractivity contribution is -0.153. The van der Waals surface area contributed by atoms with Crippen LogP contribution in [0.15, 0.2) is 48.5 Å². The third-order valence-electron chi connectivity index (χ3n) is 4.17. The van der Waals surface area contributed by atoms with E-state index in [2.05, 4.69) is 5.32 Å². The minimum absolute atomic E-state index is 0.158. The Hall–Kier alpha value is -3.06. The third-order valence-corrected chi connectivity index (χ3v) is 4.17. The van der Waals surface area contributed by atoms with Crippen molar-refractivity contribution in [3.05, 3.63) is 65.2 Å². The molecule has 2 aromatic rings. The van der Waals surface area contributed by atoms with Crippen molar-refractivity contribution in [2.45, 2.75) is 52.6 Å². The first-order valence-electron chi connectivity index (χ1n) is 9.95. The van der Waals surface area contributed by atoms with Gasteiger partial charge in [0.15, 0.2) is 6.10 Å². The van der Waals surface area contributed by atoms with Crippen molar-refractivity contribution in [1.82, 2.24) is 5.32 Å². The summed E-state index contributed by atoms with van der Waals surface area (Å²) in [6.45, 7) is 6.55. The first-order chi connectivity index (χ1) is 14.4. The minimum Gasteiger partial charge on any atom is -0.494 e. The van der Waals surface area contributed by atoms with Crippen LogP contribution in [0.4, 0.5) is 4.79 Å². The van der Waals surface area contributed by atoms with Crippen molar-refractivity contribution < 1.29 is 28.9 Å². The number of benzene rings is 2. The van der Waals surface area contributed by atoms with E-state index in [-0.39, 0.29) is 25.7 Å². The molecule has 0 aliphatic carbocycles. The second-order valence-electron chi connectivity index (χ2n) is 7.04. The van der Waals surface area contributed by atoms with E-state index >= 15 is 0 Å². The number of nitrogens with one attached hydrogen (secondary N) is 1. The average Bonchev–Trinajstić information content (AvgIpc) is 2.71. The monoisotopic (exact) mass is 415 g/mol. The molecule has 0 aromatic heterocycles. The number of rotatable bonds is 11. The van der Waals surface area contributed by atoms with Crippen LogP contribution in [-0.4, -0.2) is 36.0 Å². The van der Waals surface area contributed by atoms with E-state index in [0.29, 0.717) is 6.61 Å². The Bertz CT molecular complexity index is 819. The van der Waals surface area contributed by atoms with E-state index < -0.39 is 18.2 Å². The van der Waals surface area contributed by atoms with Crippen molar-refractivity contribution in [3.8, 4) is 5.75 Å². The molecule has 2 aromatic carbocycles. The number of amides is 1. The number of carbonyl (C=O) groups excluding carboxylic acids is 1. The lowest BCUT2D eigenvalue weighted by atomic mass is 10.0. The molecular formula is C23H29NO6. The summed E-state index contributed by atoms with van der Waals surface area (Å²) in [7, 11) is 0. The smallest absolute Gasteiger partial charge is 0.407 e. The standard InChI is InChI=1S/C23H29NO6/c1-4-28-20-10-8-17(9-11-20)15-29-23(27)24-14-19-7-5-6-18(12-19)13-21(22(25)26)30-16(2)3/h5-12,16,21H,4,13-15H2,1-3H3,(H,24,27)(H,25,26). The molecule has 1 unspecified atom stereocenters. The number of carboxylic acids is 1. The molecule has 0 radical (unpaired) electrons.